The van der Waals surface area contributed by atoms with E-state index in [1.807, 2.05) is 48.5 Å². The van der Waals surface area contributed by atoms with Gasteiger partial charge < -0.3 is 13.3 Å². The quantitative estimate of drug-likeness (QED) is 0.174. The topological polar surface area (TPSA) is 78.1 Å². The third kappa shape index (κ3) is 5.08. The Morgan fingerprint density at radius 2 is 1.05 bits per heavy atom. The molecule has 4 heterocycles. The second kappa shape index (κ2) is 12.7. The summed E-state index contributed by atoms with van der Waals surface area (Å²) >= 11 is 0. The number of hydrogen-bond acceptors (Lipinski definition) is 6. The van der Waals surface area contributed by atoms with Crippen LogP contribution in [-0.4, -0.2) is 15.0 Å². The molecular weight excluding hydrogens is 715 g/mol. The van der Waals surface area contributed by atoms with Gasteiger partial charge in [-0.3, -0.25) is 0 Å². The average Bonchev–Trinajstić information content (AvgIpc) is 3.98. The summed E-state index contributed by atoms with van der Waals surface area (Å²) in [5.74, 6) is 3.02. The number of para-hydroxylation sites is 2. The summed E-state index contributed by atoms with van der Waals surface area (Å²) in [7, 11) is 0. The Bertz CT molecular complexity index is 3440. The summed E-state index contributed by atoms with van der Waals surface area (Å²) in [6, 6.07) is 51.9. The van der Waals surface area contributed by atoms with Gasteiger partial charge in [0.1, 0.15) is 33.7 Å². The second-order valence-electron chi connectivity index (χ2n) is 15.1. The van der Waals surface area contributed by atoms with E-state index in [-0.39, 0.29) is 0 Å². The van der Waals surface area contributed by atoms with Crippen LogP contribution >= 0.6 is 0 Å². The van der Waals surface area contributed by atoms with Crippen LogP contribution in [0.25, 0.3) is 117 Å². The van der Waals surface area contributed by atoms with Crippen LogP contribution in [0.2, 0.25) is 0 Å². The maximum atomic E-state index is 6.79. The molecule has 58 heavy (non-hydrogen) atoms. The van der Waals surface area contributed by atoms with Crippen molar-refractivity contribution in [2.75, 3.05) is 0 Å². The van der Waals surface area contributed by atoms with E-state index in [0.717, 1.165) is 106 Å². The fourth-order valence-electron chi connectivity index (χ4n) is 8.82. The minimum atomic E-state index is 0.373. The highest BCUT2D eigenvalue weighted by Gasteiger charge is 2.24. The van der Waals surface area contributed by atoms with Crippen molar-refractivity contribution in [1.29, 1.82) is 0 Å². The van der Waals surface area contributed by atoms with Crippen LogP contribution < -0.4 is 0 Å². The first-order chi connectivity index (χ1) is 28.6. The molecule has 7 aromatic carbocycles. The number of benzene rings is 7. The maximum Gasteiger partial charge on any atom is 0.164 e. The molecule has 12 rings (SSSR count). The molecule has 0 aliphatic heterocycles. The summed E-state index contributed by atoms with van der Waals surface area (Å²) in [5.41, 5.74) is 12.3. The van der Waals surface area contributed by atoms with E-state index >= 15 is 0 Å². The van der Waals surface area contributed by atoms with Crippen LogP contribution in [0, 0.1) is 0 Å². The van der Waals surface area contributed by atoms with E-state index in [1.165, 1.54) is 5.56 Å². The molecule has 6 nitrogen and oxygen atoms in total. The van der Waals surface area contributed by atoms with E-state index in [2.05, 4.69) is 122 Å². The van der Waals surface area contributed by atoms with E-state index in [1.54, 1.807) is 0 Å². The monoisotopic (exact) mass is 747 g/mol. The van der Waals surface area contributed by atoms with Gasteiger partial charge >= 0.3 is 0 Å². The smallest absolute Gasteiger partial charge is 0.164 e. The SMILES string of the molecule is CC1CC=Cc2oc3ccc(-c4ccc(-c5nc(-c6ccc(-c7ccccc7)cc6)nc(-c6cccc7oc8ccccc8c67)n5)c5c4oc4ccccc45)cc3c21. The van der Waals surface area contributed by atoms with Gasteiger partial charge in [-0.2, -0.15) is 0 Å². The normalized spacial score (nSPS) is 14.0. The largest absolute Gasteiger partial charge is 0.456 e. The molecule has 0 spiro atoms. The zero-order valence-electron chi connectivity index (χ0n) is 31.4. The Labute approximate surface area is 332 Å². The van der Waals surface area contributed by atoms with Gasteiger partial charge in [0.05, 0.1) is 0 Å². The minimum Gasteiger partial charge on any atom is -0.456 e. The van der Waals surface area contributed by atoms with Crippen molar-refractivity contribution in [1.82, 2.24) is 15.0 Å². The van der Waals surface area contributed by atoms with Gasteiger partial charge in [-0.15, -0.1) is 0 Å². The molecule has 1 unspecified atom stereocenters. The Balaban J connectivity index is 1.09. The molecule has 4 aromatic heterocycles. The van der Waals surface area contributed by atoms with Gasteiger partial charge in [-0.1, -0.05) is 122 Å². The van der Waals surface area contributed by atoms with E-state index < -0.39 is 0 Å². The Morgan fingerprint density at radius 1 is 0.448 bits per heavy atom. The highest BCUT2D eigenvalue weighted by atomic mass is 16.3. The number of aromatic nitrogens is 3. The molecule has 0 amide bonds. The number of nitrogens with zero attached hydrogens (tertiary/aromatic N) is 3. The molecule has 0 fully saturated rings. The first-order valence-electron chi connectivity index (χ1n) is 19.7. The summed E-state index contributed by atoms with van der Waals surface area (Å²) in [6.07, 6.45) is 5.29. The average molecular weight is 748 g/mol. The molecule has 274 valence electrons. The van der Waals surface area contributed by atoms with E-state index in [9.17, 15) is 0 Å². The predicted octanol–water partition coefficient (Wildman–Crippen LogP) is 14.3. The number of furan rings is 3. The third-order valence-corrected chi connectivity index (χ3v) is 11.6. The molecule has 0 saturated heterocycles. The van der Waals surface area contributed by atoms with Crippen molar-refractivity contribution in [2.24, 2.45) is 0 Å². The number of allylic oxidation sites excluding steroid dienone is 1. The van der Waals surface area contributed by atoms with Gasteiger partial charge in [-0.05, 0) is 77.6 Å². The fraction of sp³-hybridized carbons (Fsp3) is 0.0577. The molecule has 1 aliphatic rings. The molecule has 6 heteroatoms. The maximum absolute atomic E-state index is 6.79. The van der Waals surface area contributed by atoms with E-state index in [0.29, 0.717) is 23.4 Å². The molecule has 0 saturated carbocycles. The zero-order valence-corrected chi connectivity index (χ0v) is 31.4. The van der Waals surface area contributed by atoms with Crippen molar-refractivity contribution < 1.29 is 13.3 Å². The van der Waals surface area contributed by atoms with Crippen molar-refractivity contribution in [2.45, 2.75) is 19.3 Å². The standard InChI is InChI=1S/C52H33N3O3/c1-30-11-9-19-44-46(30)40-29-34(25-28-43(40)57-44)35-26-27-39(48-37-15-6-8-18-42(37)58-49(35)48)52-54-50(33-23-21-32(22-24-33)31-12-3-2-4-13-31)53-51(55-52)38-16-10-20-45-47(38)36-14-5-7-17-41(36)56-45/h2-10,12-30H,11H2,1H3. The predicted molar refractivity (Wildman–Crippen MR) is 233 cm³/mol. The van der Waals surface area contributed by atoms with Gasteiger partial charge in [0, 0.05) is 54.7 Å². The Hall–Kier alpha value is -7.57. The van der Waals surface area contributed by atoms with Gasteiger partial charge in [0.25, 0.3) is 0 Å². The van der Waals surface area contributed by atoms with Crippen LogP contribution in [0.1, 0.15) is 30.6 Å². The Kier molecular flexibility index (Phi) is 7.17. The molecule has 0 bridgehead atoms. The molecular formula is C52H33N3O3. The van der Waals surface area contributed by atoms with Crippen LogP contribution in [0.5, 0.6) is 0 Å². The fourth-order valence-corrected chi connectivity index (χ4v) is 8.82. The van der Waals surface area contributed by atoms with E-state index in [4.69, 9.17) is 28.2 Å². The van der Waals surface area contributed by atoms with Crippen LogP contribution in [-0.2, 0) is 0 Å². The van der Waals surface area contributed by atoms with Gasteiger partial charge in [0.15, 0.2) is 17.5 Å². The van der Waals surface area contributed by atoms with Crippen LogP contribution in [0.4, 0.5) is 0 Å². The first kappa shape index (κ1) is 32.7. The molecule has 0 radical (unpaired) electrons. The molecule has 1 aliphatic carbocycles. The van der Waals surface area contributed by atoms with Crippen molar-refractivity contribution >= 4 is 60.9 Å². The Morgan fingerprint density at radius 3 is 1.86 bits per heavy atom. The second-order valence-corrected chi connectivity index (χ2v) is 15.1. The summed E-state index contributed by atoms with van der Waals surface area (Å²) in [6.45, 7) is 2.26. The molecule has 0 N–H and O–H groups in total. The highest BCUT2D eigenvalue weighted by Crippen LogP contribution is 2.45. The zero-order chi connectivity index (χ0) is 38.3. The van der Waals surface area contributed by atoms with Gasteiger partial charge in [-0.25, -0.2) is 15.0 Å². The van der Waals surface area contributed by atoms with Crippen LogP contribution in [0.15, 0.2) is 171 Å². The van der Waals surface area contributed by atoms with Crippen molar-refractivity contribution in [3.63, 3.8) is 0 Å². The third-order valence-electron chi connectivity index (χ3n) is 11.6. The lowest BCUT2D eigenvalue weighted by molar-refractivity contribution is 0.586. The summed E-state index contributed by atoms with van der Waals surface area (Å²) in [5, 5.41) is 5.07. The number of rotatable bonds is 5. The summed E-state index contributed by atoms with van der Waals surface area (Å²) < 4.78 is 19.4. The lowest BCUT2D eigenvalue weighted by Gasteiger charge is -2.13. The first-order valence-corrected chi connectivity index (χ1v) is 19.7. The summed E-state index contributed by atoms with van der Waals surface area (Å²) in [4.78, 5) is 15.8. The van der Waals surface area contributed by atoms with Crippen molar-refractivity contribution in [3.05, 3.63) is 169 Å². The number of fused-ring (bicyclic) bond motifs is 9. The number of hydrogen-bond donors (Lipinski definition) is 0. The van der Waals surface area contributed by atoms with Gasteiger partial charge in [0.2, 0.25) is 0 Å². The lowest BCUT2D eigenvalue weighted by Crippen LogP contribution is -2.01. The highest BCUT2D eigenvalue weighted by molar-refractivity contribution is 6.16. The minimum absolute atomic E-state index is 0.373. The molecule has 11 aromatic rings. The lowest BCUT2D eigenvalue weighted by atomic mass is 9.89. The molecule has 1 atom stereocenters. The van der Waals surface area contributed by atoms with Crippen molar-refractivity contribution in [3.8, 4) is 56.4 Å². The van der Waals surface area contributed by atoms with Crippen LogP contribution in [0.3, 0.4) is 0 Å².